The van der Waals surface area contributed by atoms with Gasteiger partial charge in [-0.15, -0.1) is 0 Å². The molecule has 1 aromatic heterocycles. The van der Waals surface area contributed by atoms with Crippen LogP contribution in [0.25, 0.3) is 5.76 Å². The molecule has 0 aliphatic carbocycles. The van der Waals surface area contributed by atoms with Crippen LogP contribution >= 0.6 is 11.6 Å². The van der Waals surface area contributed by atoms with E-state index in [-0.39, 0.29) is 27.6 Å². The SMILES string of the molecule is COc1ccc(Cl)cc1/C(O)=C1\C(=O)C(=O)N(c2ccc(F)cc2F)C1c1ccncc1. The topological polar surface area (TPSA) is 79.7 Å². The smallest absolute Gasteiger partial charge is 0.300 e. The molecule has 3 aromatic rings. The van der Waals surface area contributed by atoms with Crippen LogP contribution in [0.15, 0.2) is 66.5 Å². The number of pyridine rings is 1. The summed E-state index contributed by atoms with van der Waals surface area (Å²) in [6.45, 7) is 0. The quantitative estimate of drug-likeness (QED) is 0.351. The van der Waals surface area contributed by atoms with E-state index in [1.807, 2.05) is 0 Å². The fourth-order valence-electron chi connectivity index (χ4n) is 3.63. The van der Waals surface area contributed by atoms with E-state index in [1.165, 1.54) is 49.8 Å². The second-order valence-corrected chi connectivity index (χ2v) is 7.33. The first kappa shape index (κ1) is 21.5. The van der Waals surface area contributed by atoms with Gasteiger partial charge in [-0.3, -0.25) is 19.5 Å². The highest BCUT2D eigenvalue weighted by Crippen LogP contribution is 2.44. The zero-order chi connectivity index (χ0) is 23.0. The normalized spacial score (nSPS) is 17.6. The molecular formula is C23H15ClF2N2O4. The minimum absolute atomic E-state index is 0.0802. The lowest BCUT2D eigenvalue weighted by atomic mass is 9.95. The van der Waals surface area contributed by atoms with Crippen molar-refractivity contribution >= 4 is 34.7 Å². The van der Waals surface area contributed by atoms with Gasteiger partial charge in [-0.05, 0) is 48.0 Å². The summed E-state index contributed by atoms with van der Waals surface area (Å²) >= 11 is 6.06. The summed E-state index contributed by atoms with van der Waals surface area (Å²) in [4.78, 5) is 30.9. The molecule has 1 aliphatic rings. The van der Waals surface area contributed by atoms with Gasteiger partial charge in [0.05, 0.1) is 30.0 Å². The third-order valence-corrected chi connectivity index (χ3v) is 5.29. The van der Waals surface area contributed by atoms with Crippen LogP contribution in [0.5, 0.6) is 5.75 Å². The number of nitrogens with zero attached hydrogens (tertiary/aromatic N) is 2. The summed E-state index contributed by atoms with van der Waals surface area (Å²) in [7, 11) is 1.37. The average Bonchev–Trinajstić information content (AvgIpc) is 3.04. The molecule has 1 unspecified atom stereocenters. The molecule has 1 amide bonds. The summed E-state index contributed by atoms with van der Waals surface area (Å²) in [6, 6.07) is 8.88. The van der Waals surface area contributed by atoms with Crippen LogP contribution in [0.4, 0.5) is 14.5 Å². The fourth-order valence-corrected chi connectivity index (χ4v) is 3.80. The number of methoxy groups -OCH3 is 1. The maximum atomic E-state index is 14.6. The Morgan fingerprint density at radius 3 is 2.47 bits per heavy atom. The molecule has 162 valence electrons. The largest absolute Gasteiger partial charge is 0.507 e. The van der Waals surface area contributed by atoms with E-state index in [4.69, 9.17) is 16.3 Å². The van der Waals surface area contributed by atoms with E-state index < -0.39 is 35.1 Å². The molecule has 1 aliphatic heterocycles. The summed E-state index contributed by atoms with van der Waals surface area (Å²) in [5.74, 6) is -4.35. The Morgan fingerprint density at radius 2 is 1.81 bits per heavy atom. The third kappa shape index (κ3) is 3.58. The molecule has 4 rings (SSSR count). The molecule has 6 nitrogen and oxygen atoms in total. The monoisotopic (exact) mass is 456 g/mol. The van der Waals surface area contributed by atoms with Crippen LogP contribution in [0, 0.1) is 11.6 Å². The van der Waals surface area contributed by atoms with Crippen LogP contribution in [-0.4, -0.2) is 28.9 Å². The summed E-state index contributed by atoms with van der Waals surface area (Å²) in [5.41, 5.74) is -0.153. The van der Waals surface area contributed by atoms with E-state index in [2.05, 4.69) is 4.98 Å². The number of hydrogen-bond acceptors (Lipinski definition) is 5. The van der Waals surface area contributed by atoms with Gasteiger partial charge in [0.1, 0.15) is 23.1 Å². The Hall–Kier alpha value is -3.78. The van der Waals surface area contributed by atoms with Crippen molar-refractivity contribution in [1.82, 2.24) is 4.98 Å². The number of ether oxygens (including phenoxy) is 1. The van der Waals surface area contributed by atoms with Gasteiger partial charge in [0.25, 0.3) is 11.7 Å². The number of halogens is 3. The Kier molecular flexibility index (Phi) is 5.63. The molecule has 2 aromatic carbocycles. The van der Waals surface area contributed by atoms with E-state index in [9.17, 15) is 23.5 Å². The van der Waals surface area contributed by atoms with Gasteiger partial charge in [-0.2, -0.15) is 0 Å². The molecule has 32 heavy (non-hydrogen) atoms. The zero-order valence-electron chi connectivity index (χ0n) is 16.6. The van der Waals surface area contributed by atoms with Gasteiger partial charge in [-0.1, -0.05) is 11.6 Å². The molecule has 2 heterocycles. The number of rotatable bonds is 4. The van der Waals surface area contributed by atoms with Gasteiger partial charge in [0, 0.05) is 23.5 Å². The third-order valence-electron chi connectivity index (χ3n) is 5.05. The second-order valence-electron chi connectivity index (χ2n) is 6.89. The van der Waals surface area contributed by atoms with Crippen molar-refractivity contribution in [3.05, 3.63) is 94.3 Å². The fraction of sp³-hybridized carbons (Fsp3) is 0.0870. The van der Waals surface area contributed by atoms with Gasteiger partial charge in [0.2, 0.25) is 0 Å². The van der Waals surface area contributed by atoms with Gasteiger partial charge in [0.15, 0.2) is 0 Å². The Balaban J connectivity index is 2.00. The molecule has 1 saturated heterocycles. The molecule has 0 radical (unpaired) electrons. The van der Waals surface area contributed by atoms with Crippen LogP contribution in [0.1, 0.15) is 17.2 Å². The van der Waals surface area contributed by atoms with Crippen molar-refractivity contribution < 1.29 is 28.2 Å². The van der Waals surface area contributed by atoms with E-state index in [0.717, 1.165) is 17.0 Å². The Labute approximate surface area is 186 Å². The number of aromatic nitrogens is 1. The van der Waals surface area contributed by atoms with Crippen LogP contribution in [-0.2, 0) is 9.59 Å². The number of carbonyl (C=O) groups is 2. The molecular weight excluding hydrogens is 442 g/mol. The average molecular weight is 457 g/mol. The highest BCUT2D eigenvalue weighted by Gasteiger charge is 2.48. The number of Topliss-reactive ketones (excluding diaryl/α,β-unsaturated/α-hetero) is 1. The standard InChI is InChI=1S/C23H15ClF2N2O4/c1-32-18-5-2-13(24)10-15(18)21(29)19-20(12-6-8-27-9-7-12)28(23(31)22(19)30)17-4-3-14(25)11-16(17)26/h2-11,20,29H,1H3/b21-19+. The first-order valence-corrected chi connectivity index (χ1v) is 9.71. The van der Waals surface area contributed by atoms with Gasteiger partial charge >= 0.3 is 0 Å². The molecule has 1 N–H and O–H groups in total. The van der Waals surface area contributed by atoms with Crippen molar-refractivity contribution in [2.75, 3.05) is 12.0 Å². The van der Waals surface area contributed by atoms with Crippen LogP contribution in [0.3, 0.4) is 0 Å². The number of amides is 1. The molecule has 0 bridgehead atoms. The van der Waals surface area contributed by atoms with E-state index in [0.29, 0.717) is 11.6 Å². The minimum atomic E-state index is -1.21. The van der Waals surface area contributed by atoms with Crippen LogP contribution < -0.4 is 9.64 Å². The second kappa shape index (κ2) is 8.39. The van der Waals surface area contributed by atoms with Gasteiger partial charge < -0.3 is 9.84 Å². The maximum Gasteiger partial charge on any atom is 0.300 e. The number of ketones is 1. The lowest BCUT2D eigenvalue weighted by Crippen LogP contribution is -2.30. The minimum Gasteiger partial charge on any atom is -0.507 e. The van der Waals surface area contributed by atoms with E-state index in [1.54, 1.807) is 0 Å². The van der Waals surface area contributed by atoms with Crippen molar-refractivity contribution in [1.29, 1.82) is 0 Å². The number of anilines is 1. The Morgan fingerprint density at radius 1 is 1.09 bits per heavy atom. The van der Waals surface area contributed by atoms with Gasteiger partial charge in [-0.25, -0.2) is 8.78 Å². The summed E-state index contributed by atoms with van der Waals surface area (Å²) < 4.78 is 33.4. The van der Waals surface area contributed by atoms with E-state index >= 15 is 0 Å². The number of carbonyl (C=O) groups excluding carboxylic acids is 2. The van der Waals surface area contributed by atoms with Crippen LogP contribution in [0.2, 0.25) is 5.02 Å². The lowest BCUT2D eigenvalue weighted by Gasteiger charge is -2.25. The molecule has 1 fully saturated rings. The predicted molar refractivity (Wildman–Crippen MR) is 113 cm³/mol. The highest BCUT2D eigenvalue weighted by molar-refractivity contribution is 6.51. The first-order valence-electron chi connectivity index (χ1n) is 9.33. The summed E-state index contributed by atoms with van der Waals surface area (Å²) in [6.07, 6.45) is 2.85. The summed E-state index contributed by atoms with van der Waals surface area (Å²) in [5, 5.41) is 11.4. The van der Waals surface area contributed by atoms with Crippen molar-refractivity contribution in [3.8, 4) is 5.75 Å². The molecule has 0 spiro atoms. The molecule has 0 saturated carbocycles. The number of aliphatic hydroxyl groups excluding tert-OH is 1. The van der Waals surface area contributed by atoms with Crippen molar-refractivity contribution in [2.24, 2.45) is 0 Å². The first-order chi connectivity index (χ1) is 15.3. The number of hydrogen-bond donors (Lipinski definition) is 1. The number of benzene rings is 2. The Bertz CT molecular complexity index is 1260. The molecule has 9 heteroatoms. The number of aliphatic hydroxyl groups is 1. The highest BCUT2D eigenvalue weighted by atomic mass is 35.5. The molecule has 1 atom stereocenters. The van der Waals surface area contributed by atoms with Crippen molar-refractivity contribution in [3.63, 3.8) is 0 Å². The van der Waals surface area contributed by atoms with Crippen molar-refractivity contribution in [2.45, 2.75) is 6.04 Å². The predicted octanol–water partition coefficient (Wildman–Crippen LogP) is 4.65. The lowest BCUT2D eigenvalue weighted by molar-refractivity contribution is -0.132. The maximum absolute atomic E-state index is 14.6. The zero-order valence-corrected chi connectivity index (χ0v) is 17.3.